The first-order valence-corrected chi connectivity index (χ1v) is 12.1. The van der Waals surface area contributed by atoms with Gasteiger partial charge < -0.3 is 59.5 Å². The number of fused-ring (bicyclic) bond motifs is 1. The van der Waals surface area contributed by atoms with Gasteiger partial charge in [0.25, 0.3) is 0 Å². The van der Waals surface area contributed by atoms with E-state index >= 15 is 0 Å². The van der Waals surface area contributed by atoms with E-state index in [1.807, 2.05) is 0 Å². The van der Waals surface area contributed by atoms with Crippen LogP contribution in [0.3, 0.4) is 0 Å². The second-order valence-electron chi connectivity index (χ2n) is 9.65. The third-order valence-corrected chi connectivity index (χ3v) is 7.02. The first kappa shape index (κ1) is 27.3. The lowest BCUT2D eigenvalue weighted by atomic mass is 9.91. The molecule has 2 fully saturated rings. The molecule has 0 radical (unpaired) electrons. The summed E-state index contributed by atoms with van der Waals surface area (Å²) in [6.45, 7) is 0.978. The maximum absolute atomic E-state index is 13.1. The van der Waals surface area contributed by atoms with E-state index in [0.717, 1.165) is 12.1 Å². The van der Waals surface area contributed by atoms with Crippen molar-refractivity contribution in [1.29, 1.82) is 0 Å². The Morgan fingerprint density at radius 3 is 2.28 bits per heavy atom. The Balaban J connectivity index is 1.55. The molecule has 0 saturated carbocycles. The van der Waals surface area contributed by atoms with Gasteiger partial charge in [-0.1, -0.05) is 0 Å². The van der Waals surface area contributed by atoms with E-state index in [2.05, 4.69) is 0 Å². The van der Waals surface area contributed by atoms with Crippen LogP contribution in [-0.4, -0.2) is 96.5 Å². The fourth-order valence-electron chi connectivity index (χ4n) is 4.83. The summed E-state index contributed by atoms with van der Waals surface area (Å²) < 4.78 is 22.5. The highest BCUT2D eigenvalue weighted by molar-refractivity contribution is 5.88. The van der Waals surface area contributed by atoms with Gasteiger partial charge in [-0.15, -0.1) is 0 Å². The highest BCUT2D eigenvalue weighted by atomic mass is 16.7. The minimum absolute atomic E-state index is 0.00432. The van der Waals surface area contributed by atoms with Crippen LogP contribution in [-0.2, 0) is 14.2 Å². The fourth-order valence-corrected chi connectivity index (χ4v) is 4.83. The van der Waals surface area contributed by atoms with Crippen molar-refractivity contribution in [2.45, 2.75) is 62.0 Å². The number of aromatic hydroxyl groups is 3. The van der Waals surface area contributed by atoms with Gasteiger partial charge in [0.2, 0.25) is 0 Å². The summed E-state index contributed by atoms with van der Waals surface area (Å²) in [7, 11) is 0. The first-order valence-electron chi connectivity index (χ1n) is 12.1. The maximum atomic E-state index is 13.1. The average molecular weight is 548 g/mol. The van der Waals surface area contributed by atoms with Gasteiger partial charge in [0.05, 0.1) is 18.3 Å². The Hall–Kier alpha value is -3.27. The highest BCUT2D eigenvalue weighted by Gasteiger charge is 2.49. The SMILES string of the molecule is C[C@@H]1O[C@@H](O[C@@H]2[C@H](O)[C@H](O)CO[C@@H]2c2c(O)cc3oc(-c4ccc(O)cc4)cc(=O)c3c2O)[C@H](O)[C@@H](O)[C@H]1O. The number of aliphatic hydroxyl groups excluding tert-OH is 5. The molecule has 2 aromatic carbocycles. The van der Waals surface area contributed by atoms with Crippen LogP contribution in [0.15, 0.2) is 45.6 Å². The predicted octanol–water partition coefficient (Wildman–Crippen LogP) is -0.417. The van der Waals surface area contributed by atoms with E-state index in [1.165, 1.54) is 31.2 Å². The lowest BCUT2D eigenvalue weighted by Gasteiger charge is -2.44. The van der Waals surface area contributed by atoms with Gasteiger partial charge in [0.15, 0.2) is 11.7 Å². The molecule has 3 heterocycles. The molecule has 0 amide bonds. The second kappa shape index (κ2) is 10.4. The standard InChI is InChI=1S/C26H28O13/c1-9-19(31)22(34)23(35)26(37-9)39-25-20(32)14(30)8-36-24(25)18-13(29)7-16-17(21(18)33)12(28)6-15(38-16)10-2-4-11(27)5-3-10/h2-7,9,14,19-20,22-27,29-35H,8H2,1H3/t9-,14+,19-,20+,22-,23+,24+,25+,26-/m0/s1. The summed E-state index contributed by atoms with van der Waals surface area (Å²) in [5.41, 5.74) is -0.759. The maximum Gasteiger partial charge on any atom is 0.197 e. The van der Waals surface area contributed by atoms with Crippen LogP contribution in [0.1, 0.15) is 18.6 Å². The molecule has 13 heteroatoms. The van der Waals surface area contributed by atoms with Gasteiger partial charge in [-0.05, 0) is 31.2 Å². The lowest BCUT2D eigenvalue weighted by Crippen LogP contribution is -2.60. The zero-order valence-corrected chi connectivity index (χ0v) is 20.5. The zero-order valence-electron chi connectivity index (χ0n) is 20.5. The van der Waals surface area contributed by atoms with Gasteiger partial charge >= 0.3 is 0 Å². The Kier molecular flexibility index (Phi) is 7.26. The van der Waals surface area contributed by atoms with Gasteiger partial charge in [0, 0.05) is 17.7 Å². The summed E-state index contributed by atoms with van der Waals surface area (Å²) in [5, 5.41) is 82.6. The molecule has 2 aliphatic heterocycles. The first-order chi connectivity index (χ1) is 18.5. The van der Waals surface area contributed by atoms with Crippen LogP contribution in [0.25, 0.3) is 22.3 Å². The van der Waals surface area contributed by atoms with Gasteiger partial charge in [-0.25, -0.2) is 0 Å². The monoisotopic (exact) mass is 548 g/mol. The number of aliphatic hydroxyl groups is 5. The summed E-state index contributed by atoms with van der Waals surface area (Å²) in [6, 6.07) is 8.00. The third kappa shape index (κ3) is 4.83. The Morgan fingerprint density at radius 2 is 1.59 bits per heavy atom. The molecule has 0 aliphatic carbocycles. The van der Waals surface area contributed by atoms with E-state index in [9.17, 15) is 45.6 Å². The quantitative estimate of drug-likeness (QED) is 0.208. The molecule has 1 aromatic heterocycles. The smallest absolute Gasteiger partial charge is 0.197 e. The Labute approximate surface area is 220 Å². The molecule has 210 valence electrons. The van der Waals surface area contributed by atoms with Crippen LogP contribution < -0.4 is 5.43 Å². The van der Waals surface area contributed by atoms with Crippen LogP contribution in [0, 0.1) is 0 Å². The van der Waals surface area contributed by atoms with Crippen molar-refractivity contribution in [2.75, 3.05) is 6.61 Å². The normalized spacial score (nSPS) is 33.3. The molecular formula is C26H28O13. The second-order valence-corrected chi connectivity index (χ2v) is 9.65. The van der Waals surface area contributed by atoms with Crippen molar-refractivity contribution in [3.05, 3.63) is 52.2 Å². The number of hydrogen-bond acceptors (Lipinski definition) is 13. The number of phenols is 3. The number of phenolic OH excluding ortho intramolecular Hbond substituents is 3. The third-order valence-electron chi connectivity index (χ3n) is 7.02. The number of rotatable bonds is 4. The van der Waals surface area contributed by atoms with Crippen LogP contribution >= 0.6 is 0 Å². The van der Waals surface area contributed by atoms with Crippen molar-refractivity contribution < 1.29 is 59.5 Å². The van der Waals surface area contributed by atoms with Gasteiger partial charge in [0.1, 0.15) is 76.7 Å². The van der Waals surface area contributed by atoms with E-state index in [0.29, 0.717) is 5.56 Å². The Bertz CT molecular complexity index is 1400. The molecule has 13 nitrogen and oxygen atoms in total. The van der Waals surface area contributed by atoms with Crippen LogP contribution in [0.5, 0.6) is 17.2 Å². The molecule has 2 aliphatic rings. The minimum Gasteiger partial charge on any atom is -0.508 e. The molecule has 5 rings (SSSR count). The summed E-state index contributed by atoms with van der Waals surface area (Å²) in [4.78, 5) is 13.1. The van der Waals surface area contributed by atoms with Crippen LogP contribution in [0.2, 0.25) is 0 Å². The molecule has 3 aromatic rings. The zero-order chi connectivity index (χ0) is 28.2. The topological polar surface area (TPSA) is 220 Å². The number of ether oxygens (including phenoxy) is 3. The van der Waals surface area contributed by atoms with E-state index in [1.54, 1.807) is 0 Å². The van der Waals surface area contributed by atoms with Crippen molar-refractivity contribution >= 4 is 11.0 Å². The van der Waals surface area contributed by atoms with Crippen molar-refractivity contribution in [2.24, 2.45) is 0 Å². The summed E-state index contributed by atoms with van der Waals surface area (Å²) >= 11 is 0. The molecule has 2 saturated heterocycles. The Morgan fingerprint density at radius 1 is 0.897 bits per heavy atom. The van der Waals surface area contributed by atoms with E-state index in [4.69, 9.17) is 18.6 Å². The molecule has 9 atom stereocenters. The molecule has 8 N–H and O–H groups in total. The van der Waals surface area contributed by atoms with Gasteiger partial charge in [-0.3, -0.25) is 4.79 Å². The van der Waals surface area contributed by atoms with Gasteiger partial charge in [-0.2, -0.15) is 0 Å². The van der Waals surface area contributed by atoms with Crippen molar-refractivity contribution in [3.63, 3.8) is 0 Å². The number of benzene rings is 2. The molecular weight excluding hydrogens is 520 g/mol. The summed E-state index contributed by atoms with van der Waals surface area (Å²) in [6.07, 6.45) is -13.6. The lowest BCUT2D eigenvalue weighted by molar-refractivity contribution is -0.331. The molecule has 39 heavy (non-hydrogen) atoms. The minimum atomic E-state index is -1.76. The van der Waals surface area contributed by atoms with E-state index in [-0.39, 0.29) is 28.0 Å². The van der Waals surface area contributed by atoms with Crippen molar-refractivity contribution in [1.82, 2.24) is 0 Å². The fraction of sp³-hybridized carbons (Fsp3) is 0.423. The van der Waals surface area contributed by atoms with E-state index < -0.39 is 78.7 Å². The average Bonchev–Trinajstić information content (AvgIpc) is 2.89. The predicted molar refractivity (Wildman–Crippen MR) is 131 cm³/mol. The molecule has 0 bridgehead atoms. The van der Waals surface area contributed by atoms with Crippen LogP contribution in [0.4, 0.5) is 0 Å². The molecule has 0 spiro atoms. The summed E-state index contributed by atoms with van der Waals surface area (Å²) in [5.74, 6) is -1.22. The largest absolute Gasteiger partial charge is 0.508 e. The van der Waals surface area contributed by atoms with Crippen molar-refractivity contribution in [3.8, 4) is 28.6 Å². The number of hydrogen-bond donors (Lipinski definition) is 8. The highest BCUT2D eigenvalue weighted by Crippen LogP contribution is 2.45. The molecule has 0 unspecified atom stereocenters.